The average Bonchev–Trinajstić information content (AvgIpc) is 3.47. The zero-order valence-electron chi connectivity index (χ0n) is 26.8. The topological polar surface area (TPSA) is 77.8 Å². The molecule has 2 N–H and O–H groups in total. The van der Waals surface area contributed by atoms with Gasteiger partial charge in [0.2, 0.25) is 0 Å². The van der Waals surface area contributed by atoms with Gasteiger partial charge in [0.1, 0.15) is 5.58 Å². The molecule has 7 aromatic carbocycles. The van der Waals surface area contributed by atoms with Crippen molar-refractivity contribution in [3.63, 3.8) is 0 Å². The van der Waals surface area contributed by atoms with Crippen LogP contribution < -0.4 is 5.73 Å². The second-order valence-corrected chi connectivity index (χ2v) is 12.2. The zero-order chi connectivity index (χ0) is 32.9. The molecule has 0 aliphatic rings. The fraction of sp³-hybridized carbons (Fsp3) is 0.0227. The third-order valence-corrected chi connectivity index (χ3v) is 9.25. The number of fused-ring (bicyclic) bond motifs is 4. The standard InChI is InChI=1S/C44H30N4O/c1-2-35(40-38-25-30-15-8-9-16-31(30)26-39(38)49-41(40)45)37-18-10-17-32-24-34(21-22-36(32)37)44-47-42(28-12-4-3-5-13-28)46-43(48-44)33-20-19-27-11-6-7-14-29(27)23-33/h2-26H,45H2,1H3/b35-2-. The van der Waals surface area contributed by atoms with E-state index in [9.17, 15) is 0 Å². The normalized spacial score (nSPS) is 12.0. The van der Waals surface area contributed by atoms with Crippen LogP contribution in [0.25, 0.3) is 83.0 Å². The third kappa shape index (κ3) is 5.00. The number of anilines is 1. The highest BCUT2D eigenvalue weighted by molar-refractivity contribution is 6.09. The third-order valence-electron chi connectivity index (χ3n) is 9.25. The minimum absolute atomic E-state index is 0.409. The Kier molecular flexibility index (Phi) is 6.76. The van der Waals surface area contributed by atoms with Gasteiger partial charge in [0, 0.05) is 22.1 Å². The van der Waals surface area contributed by atoms with Gasteiger partial charge < -0.3 is 10.2 Å². The number of nitrogens with two attached hydrogens (primary N) is 1. The SMILES string of the molecule is C/C=C(/c1cccc2cc(-c3nc(-c4ccccc4)nc(-c4ccc5ccccc5c4)n3)ccc12)c1c(N)oc2cc3ccccc3cc12. The molecule has 0 bridgehead atoms. The van der Waals surface area contributed by atoms with Crippen LogP contribution in [0.1, 0.15) is 18.1 Å². The summed E-state index contributed by atoms with van der Waals surface area (Å²) in [5.41, 5.74) is 13.2. The molecule has 0 saturated carbocycles. The summed E-state index contributed by atoms with van der Waals surface area (Å²) >= 11 is 0. The molecular weight excluding hydrogens is 601 g/mol. The van der Waals surface area contributed by atoms with Crippen LogP contribution in [-0.4, -0.2) is 15.0 Å². The number of benzene rings is 7. The second-order valence-electron chi connectivity index (χ2n) is 12.2. The van der Waals surface area contributed by atoms with E-state index in [2.05, 4.69) is 109 Å². The van der Waals surface area contributed by atoms with Crippen molar-refractivity contribution in [2.45, 2.75) is 6.92 Å². The van der Waals surface area contributed by atoms with Crippen LogP contribution in [0.3, 0.4) is 0 Å². The Labute approximate surface area is 283 Å². The molecule has 0 atom stereocenters. The first-order valence-electron chi connectivity index (χ1n) is 16.3. The van der Waals surface area contributed by atoms with Crippen molar-refractivity contribution in [2.75, 3.05) is 5.73 Å². The van der Waals surface area contributed by atoms with E-state index in [1.165, 1.54) is 5.39 Å². The maximum Gasteiger partial charge on any atom is 0.199 e. The van der Waals surface area contributed by atoms with Crippen molar-refractivity contribution in [3.05, 3.63) is 163 Å². The molecule has 232 valence electrons. The van der Waals surface area contributed by atoms with Crippen LogP contribution in [0.5, 0.6) is 0 Å². The van der Waals surface area contributed by atoms with Gasteiger partial charge in [-0.05, 0) is 74.6 Å². The lowest BCUT2D eigenvalue weighted by atomic mass is 9.91. The molecule has 0 amide bonds. The summed E-state index contributed by atoms with van der Waals surface area (Å²) in [6.07, 6.45) is 2.12. The molecule has 0 unspecified atom stereocenters. The molecule has 0 aliphatic heterocycles. The highest BCUT2D eigenvalue weighted by Crippen LogP contribution is 2.41. The molecule has 0 saturated heterocycles. The van der Waals surface area contributed by atoms with Gasteiger partial charge in [0.15, 0.2) is 23.4 Å². The molecule has 0 fully saturated rings. The van der Waals surface area contributed by atoms with E-state index in [4.69, 9.17) is 25.1 Å². The highest BCUT2D eigenvalue weighted by atomic mass is 16.3. The van der Waals surface area contributed by atoms with Gasteiger partial charge in [-0.25, -0.2) is 15.0 Å². The first kappa shape index (κ1) is 28.6. The molecule has 0 aliphatic carbocycles. The highest BCUT2D eigenvalue weighted by Gasteiger charge is 2.20. The second kappa shape index (κ2) is 11.6. The molecule has 5 heteroatoms. The minimum Gasteiger partial charge on any atom is -0.440 e. The van der Waals surface area contributed by atoms with Crippen molar-refractivity contribution < 1.29 is 4.42 Å². The number of hydrogen-bond donors (Lipinski definition) is 1. The summed E-state index contributed by atoms with van der Waals surface area (Å²) in [6.45, 7) is 2.05. The van der Waals surface area contributed by atoms with Crippen molar-refractivity contribution in [3.8, 4) is 34.2 Å². The van der Waals surface area contributed by atoms with Crippen LogP contribution in [0.2, 0.25) is 0 Å². The number of nitrogen functional groups attached to an aromatic ring is 1. The number of nitrogens with zero attached hydrogens (tertiary/aromatic N) is 3. The number of aromatic nitrogens is 3. The summed E-state index contributed by atoms with van der Waals surface area (Å²) in [4.78, 5) is 15.0. The van der Waals surface area contributed by atoms with E-state index in [-0.39, 0.29) is 0 Å². The number of hydrogen-bond acceptors (Lipinski definition) is 5. The molecule has 0 spiro atoms. The van der Waals surface area contributed by atoms with Crippen molar-refractivity contribution in [2.24, 2.45) is 0 Å². The maximum absolute atomic E-state index is 6.60. The molecular formula is C44H30N4O. The number of furan rings is 1. The summed E-state index contributed by atoms with van der Waals surface area (Å²) < 4.78 is 6.13. The monoisotopic (exact) mass is 630 g/mol. The van der Waals surface area contributed by atoms with Crippen LogP contribution in [-0.2, 0) is 0 Å². The average molecular weight is 631 g/mol. The lowest BCUT2D eigenvalue weighted by molar-refractivity contribution is 0.637. The Hall–Kier alpha value is -6.59. The predicted octanol–water partition coefficient (Wildman–Crippen LogP) is 11.1. The van der Waals surface area contributed by atoms with E-state index in [1.54, 1.807) is 0 Å². The summed E-state index contributed by atoms with van der Waals surface area (Å²) in [6, 6.07) is 50.0. The zero-order valence-corrected chi connectivity index (χ0v) is 26.8. The fourth-order valence-electron chi connectivity index (χ4n) is 6.85. The Morgan fingerprint density at radius 1 is 0.510 bits per heavy atom. The van der Waals surface area contributed by atoms with E-state index >= 15 is 0 Å². The first-order valence-corrected chi connectivity index (χ1v) is 16.3. The maximum atomic E-state index is 6.60. The number of rotatable bonds is 5. The Balaban J connectivity index is 1.18. The van der Waals surface area contributed by atoms with Crippen LogP contribution in [0.4, 0.5) is 5.88 Å². The van der Waals surface area contributed by atoms with E-state index in [1.807, 2.05) is 49.4 Å². The van der Waals surface area contributed by atoms with Gasteiger partial charge in [0.25, 0.3) is 0 Å². The molecule has 49 heavy (non-hydrogen) atoms. The Morgan fingerprint density at radius 2 is 1.08 bits per heavy atom. The van der Waals surface area contributed by atoms with Crippen LogP contribution in [0, 0.1) is 0 Å². The van der Waals surface area contributed by atoms with Gasteiger partial charge in [0.05, 0.1) is 5.56 Å². The quantitative estimate of drug-likeness (QED) is 0.205. The van der Waals surface area contributed by atoms with Gasteiger partial charge in [-0.3, -0.25) is 0 Å². The largest absolute Gasteiger partial charge is 0.440 e. The summed E-state index contributed by atoms with van der Waals surface area (Å²) in [7, 11) is 0. The fourth-order valence-corrected chi connectivity index (χ4v) is 6.85. The predicted molar refractivity (Wildman–Crippen MR) is 202 cm³/mol. The molecule has 9 aromatic rings. The van der Waals surface area contributed by atoms with E-state index in [0.29, 0.717) is 23.4 Å². The van der Waals surface area contributed by atoms with Gasteiger partial charge in [-0.1, -0.05) is 127 Å². The van der Waals surface area contributed by atoms with Crippen molar-refractivity contribution in [1.82, 2.24) is 15.0 Å². The summed E-state index contributed by atoms with van der Waals surface area (Å²) in [5.74, 6) is 2.29. The van der Waals surface area contributed by atoms with Gasteiger partial charge >= 0.3 is 0 Å². The lowest BCUT2D eigenvalue weighted by Gasteiger charge is -2.13. The molecule has 2 heterocycles. The Morgan fingerprint density at radius 3 is 1.80 bits per heavy atom. The molecule has 0 radical (unpaired) electrons. The minimum atomic E-state index is 0.409. The van der Waals surface area contributed by atoms with Gasteiger partial charge in [-0.15, -0.1) is 0 Å². The van der Waals surface area contributed by atoms with Crippen molar-refractivity contribution >= 4 is 54.7 Å². The Bertz CT molecular complexity index is 2740. The van der Waals surface area contributed by atoms with E-state index in [0.717, 1.165) is 71.3 Å². The smallest absolute Gasteiger partial charge is 0.199 e. The van der Waals surface area contributed by atoms with Crippen LogP contribution in [0.15, 0.2) is 156 Å². The molecule has 5 nitrogen and oxygen atoms in total. The first-order chi connectivity index (χ1) is 24.1. The molecule has 9 rings (SSSR count). The van der Waals surface area contributed by atoms with Crippen molar-refractivity contribution in [1.29, 1.82) is 0 Å². The van der Waals surface area contributed by atoms with E-state index < -0.39 is 0 Å². The van der Waals surface area contributed by atoms with Crippen LogP contribution >= 0.6 is 0 Å². The lowest BCUT2D eigenvalue weighted by Crippen LogP contribution is -2.00. The summed E-state index contributed by atoms with van der Waals surface area (Å²) in [5, 5.41) is 7.74. The van der Waals surface area contributed by atoms with Gasteiger partial charge in [-0.2, -0.15) is 0 Å². The molecule has 2 aromatic heterocycles. The number of allylic oxidation sites excluding steroid dienone is 1.